The van der Waals surface area contributed by atoms with Crippen LogP contribution < -0.4 is 16.0 Å². The average Bonchev–Trinajstić information content (AvgIpc) is 2.85. The van der Waals surface area contributed by atoms with E-state index in [1.165, 1.54) is 0 Å². The zero-order valence-electron chi connectivity index (χ0n) is 12.9. The van der Waals surface area contributed by atoms with Crippen molar-refractivity contribution in [2.45, 2.75) is 51.7 Å². The molecule has 0 radical (unpaired) electrons. The zero-order chi connectivity index (χ0) is 15.6. The van der Waals surface area contributed by atoms with E-state index in [1.54, 1.807) is 0 Å². The van der Waals surface area contributed by atoms with Gasteiger partial charge in [-0.05, 0) is 45.7 Å². The molecule has 1 aromatic rings. The molecule has 21 heavy (non-hydrogen) atoms. The van der Waals surface area contributed by atoms with E-state index in [0.29, 0.717) is 6.54 Å². The fourth-order valence-electron chi connectivity index (χ4n) is 2.70. The van der Waals surface area contributed by atoms with E-state index >= 15 is 0 Å². The fourth-order valence-corrected chi connectivity index (χ4v) is 2.93. The molecule has 1 aliphatic rings. The Balaban J connectivity index is 2.31. The van der Waals surface area contributed by atoms with Gasteiger partial charge in [0.1, 0.15) is 6.04 Å². The standard InChI is InChI=1S/C16H24ClN3O/c1-16(2,3)19-10-11-12(17)6-4-7-13(11)20-9-5-8-14(20)15(18)21/h4,6-7,14,19H,5,8-10H2,1-3H3,(H2,18,21). The maximum atomic E-state index is 11.6. The van der Waals surface area contributed by atoms with E-state index in [1.807, 2.05) is 18.2 Å². The van der Waals surface area contributed by atoms with Crippen molar-refractivity contribution in [3.8, 4) is 0 Å². The number of nitrogens with one attached hydrogen (secondary N) is 1. The molecule has 1 atom stereocenters. The first-order chi connectivity index (χ1) is 9.79. The first-order valence-corrected chi connectivity index (χ1v) is 7.76. The lowest BCUT2D eigenvalue weighted by Gasteiger charge is -2.29. The number of anilines is 1. The molecule has 2 rings (SSSR count). The van der Waals surface area contributed by atoms with Crippen molar-refractivity contribution in [1.82, 2.24) is 5.32 Å². The summed E-state index contributed by atoms with van der Waals surface area (Å²) in [6.07, 6.45) is 1.79. The SMILES string of the molecule is CC(C)(C)NCc1c(Cl)cccc1N1CCCC1C(N)=O. The van der Waals surface area contributed by atoms with Gasteiger partial charge in [0.05, 0.1) is 0 Å². The highest BCUT2D eigenvalue weighted by Gasteiger charge is 2.30. The van der Waals surface area contributed by atoms with Gasteiger partial charge in [0.25, 0.3) is 0 Å². The first-order valence-electron chi connectivity index (χ1n) is 7.38. The highest BCUT2D eigenvalue weighted by molar-refractivity contribution is 6.31. The molecule has 1 heterocycles. The lowest BCUT2D eigenvalue weighted by atomic mass is 10.1. The van der Waals surface area contributed by atoms with Crippen LogP contribution in [0.1, 0.15) is 39.2 Å². The molecule has 1 aliphatic heterocycles. The minimum Gasteiger partial charge on any atom is -0.368 e. The number of amides is 1. The van der Waals surface area contributed by atoms with Crippen LogP contribution in [0.4, 0.5) is 5.69 Å². The molecule has 0 saturated carbocycles. The van der Waals surface area contributed by atoms with Crippen LogP contribution in [0.25, 0.3) is 0 Å². The second kappa shape index (κ2) is 6.24. The lowest BCUT2D eigenvalue weighted by Crippen LogP contribution is -2.41. The fraction of sp³-hybridized carbons (Fsp3) is 0.562. The van der Waals surface area contributed by atoms with Crippen molar-refractivity contribution in [1.29, 1.82) is 0 Å². The Morgan fingerprint density at radius 3 is 2.81 bits per heavy atom. The summed E-state index contributed by atoms with van der Waals surface area (Å²) in [6.45, 7) is 7.86. The zero-order valence-corrected chi connectivity index (χ0v) is 13.7. The number of rotatable bonds is 4. The summed E-state index contributed by atoms with van der Waals surface area (Å²) in [5.41, 5.74) is 7.58. The summed E-state index contributed by atoms with van der Waals surface area (Å²) in [5, 5.41) is 4.18. The lowest BCUT2D eigenvalue weighted by molar-refractivity contribution is -0.119. The Kier molecular flexibility index (Phi) is 4.79. The Hall–Kier alpha value is -1.26. The monoisotopic (exact) mass is 309 g/mol. The van der Waals surface area contributed by atoms with Gasteiger partial charge in [-0.2, -0.15) is 0 Å². The molecule has 1 aromatic carbocycles. The number of nitrogens with zero attached hydrogens (tertiary/aromatic N) is 1. The van der Waals surface area contributed by atoms with Crippen LogP contribution >= 0.6 is 11.6 Å². The van der Waals surface area contributed by atoms with Gasteiger partial charge in [0.15, 0.2) is 0 Å². The summed E-state index contributed by atoms with van der Waals surface area (Å²) in [5.74, 6) is -0.262. The molecule has 0 spiro atoms. The summed E-state index contributed by atoms with van der Waals surface area (Å²) in [4.78, 5) is 13.7. The summed E-state index contributed by atoms with van der Waals surface area (Å²) < 4.78 is 0. The van der Waals surface area contributed by atoms with Crippen molar-refractivity contribution in [3.05, 3.63) is 28.8 Å². The molecule has 5 heteroatoms. The maximum absolute atomic E-state index is 11.6. The molecule has 1 amide bonds. The predicted octanol–water partition coefficient (Wildman–Crippen LogP) is 2.68. The van der Waals surface area contributed by atoms with E-state index in [0.717, 1.165) is 35.7 Å². The third-order valence-corrected chi connectivity index (χ3v) is 4.13. The number of carbonyl (C=O) groups excluding carboxylic acids is 1. The minimum atomic E-state index is -0.262. The summed E-state index contributed by atoms with van der Waals surface area (Å²) in [6, 6.07) is 5.61. The van der Waals surface area contributed by atoms with Gasteiger partial charge in [0, 0.05) is 34.9 Å². The van der Waals surface area contributed by atoms with E-state index in [9.17, 15) is 4.79 Å². The predicted molar refractivity (Wildman–Crippen MR) is 87.6 cm³/mol. The maximum Gasteiger partial charge on any atom is 0.240 e. The summed E-state index contributed by atoms with van der Waals surface area (Å²) in [7, 11) is 0. The van der Waals surface area contributed by atoms with E-state index in [4.69, 9.17) is 17.3 Å². The third kappa shape index (κ3) is 3.89. The van der Waals surface area contributed by atoms with Gasteiger partial charge in [0.2, 0.25) is 5.91 Å². The van der Waals surface area contributed by atoms with Crippen LogP contribution in [0.5, 0.6) is 0 Å². The highest BCUT2D eigenvalue weighted by atomic mass is 35.5. The normalized spacial score (nSPS) is 19.0. The van der Waals surface area contributed by atoms with Crippen molar-refractivity contribution in [3.63, 3.8) is 0 Å². The van der Waals surface area contributed by atoms with Gasteiger partial charge in [-0.25, -0.2) is 0 Å². The van der Waals surface area contributed by atoms with Gasteiger partial charge in [-0.15, -0.1) is 0 Å². The van der Waals surface area contributed by atoms with E-state index < -0.39 is 0 Å². The first kappa shape index (κ1) is 16.1. The molecule has 1 fully saturated rings. The quantitative estimate of drug-likeness (QED) is 0.899. The van der Waals surface area contributed by atoms with Crippen LogP contribution in [-0.2, 0) is 11.3 Å². The van der Waals surface area contributed by atoms with Crippen LogP contribution in [0.15, 0.2) is 18.2 Å². The van der Waals surface area contributed by atoms with Crippen molar-refractivity contribution in [2.75, 3.05) is 11.4 Å². The Labute approximate surface area is 131 Å². The molecular formula is C16H24ClN3O. The van der Waals surface area contributed by atoms with Gasteiger partial charge >= 0.3 is 0 Å². The Morgan fingerprint density at radius 2 is 2.19 bits per heavy atom. The van der Waals surface area contributed by atoms with Crippen molar-refractivity contribution < 1.29 is 4.79 Å². The number of carbonyl (C=O) groups is 1. The molecule has 1 saturated heterocycles. The molecule has 0 aliphatic carbocycles. The number of hydrogen-bond acceptors (Lipinski definition) is 3. The van der Waals surface area contributed by atoms with Crippen molar-refractivity contribution >= 4 is 23.2 Å². The second-order valence-corrected chi connectivity index (χ2v) is 7.00. The number of halogens is 1. The molecule has 3 N–H and O–H groups in total. The highest BCUT2D eigenvalue weighted by Crippen LogP contribution is 2.32. The molecule has 0 aromatic heterocycles. The number of primary amides is 1. The molecule has 116 valence electrons. The van der Waals surface area contributed by atoms with Gasteiger partial charge < -0.3 is 16.0 Å². The largest absolute Gasteiger partial charge is 0.368 e. The van der Waals surface area contributed by atoms with E-state index in [-0.39, 0.29) is 17.5 Å². The van der Waals surface area contributed by atoms with Gasteiger partial charge in [-0.3, -0.25) is 4.79 Å². The van der Waals surface area contributed by atoms with Crippen LogP contribution in [-0.4, -0.2) is 24.0 Å². The Morgan fingerprint density at radius 1 is 1.48 bits per heavy atom. The minimum absolute atomic E-state index is 0.00450. The summed E-state index contributed by atoms with van der Waals surface area (Å²) >= 11 is 6.38. The number of benzene rings is 1. The Bertz CT molecular complexity index is 525. The second-order valence-electron chi connectivity index (χ2n) is 6.59. The molecule has 1 unspecified atom stereocenters. The molecule has 0 bridgehead atoms. The number of hydrogen-bond donors (Lipinski definition) is 2. The van der Waals surface area contributed by atoms with Crippen LogP contribution in [0.3, 0.4) is 0 Å². The molecular weight excluding hydrogens is 286 g/mol. The van der Waals surface area contributed by atoms with E-state index in [2.05, 4.69) is 31.0 Å². The van der Waals surface area contributed by atoms with Crippen LogP contribution in [0.2, 0.25) is 5.02 Å². The van der Waals surface area contributed by atoms with Crippen molar-refractivity contribution in [2.24, 2.45) is 5.73 Å². The molecule has 4 nitrogen and oxygen atoms in total. The topological polar surface area (TPSA) is 58.4 Å². The average molecular weight is 310 g/mol. The smallest absolute Gasteiger partial charge is 0.240 e. The van der Waals surface area contributed by atoms with Crippen LogP contribution in [0, 0.1) is 0 Å². The van der Waals surface area contributed by atoms with Gasteiger partial charge in [-0.1, -0.05) is 17.7 Å². The third-order valence-electron chi connectivity index (χ3n) is 3.78. The number of nitrogens with two attached hydrogens (primary N) is 1.